The summed E-state index contributed by atoms with van der Waals surface area (Å²) in [6, 6.07) is 75.8. The number of aliphatic hydroxyl groups is 7. The third-order valence-corrected chi connectivity index (χ3v) is 13.6. The molecule has 0 saturated carbocycles. The molecule has 0 aliphatic heterocycles. The van der Waals surface area contributed by atoms with Gasteiger partial charge >= 0.3 is 1.43 Å². The van der Waals surface area contributed by atoms with E-state index in [1.54, 1.807) is 72.7 Å². The molecule has 4 atom stereocenters. The van der Waals surface area contributed by atoms with Gasteiger partial charge in [-0.3, -0.25) is 10.5 Å². The summed E-state index contributed by atoms with van der Waals surface area (Å²) in [5.41, 5.74) is 0.579. The number of aliphatic hydroxyl groups excluding tert-OH is 4. The monoisotopic (exact) mass is 1180 g/mol. The molecule has 466 valence electrons. The first-order valence-corrected chi connectivity index (χ1v) is 28.2. The maximum Gasteiger partial charge on any atom is 1.00 e. The van der Waals surface area contributed by atoms with Crippen LogP contribution in [0, 0.1) is 0 Å². The molecule has 0 aromatic heterocycles. The zero-order valence-corrected chi connectivity index (χ0v) is 52.1. The van der Waals surface area contributed by atoms with Crippen LogP contribution in [0.2, 0.25) is 0 Å². The third-order valence-electron chi connectivity index (χ3n) is 13.6. The molecule has 8 rings (SSSR count). The van der Waals surface area contributed by atoms with Crippen LogP contribution in [0.3, 0.4) is 0 Å². The number of rotatable bonds is 17. The van der Waals surface area contributed by atoms with E-state index in [1.165, 1.54) is 0 Å². The predicted octanol–water partition coefficient (Wildman–Crippen LogP) is 13.0. The second kappa shape index (κ2) is 36.4. The van der Waals surface area contributed by atoms with Crippen molar-refractivity contribution in [2.24, 2.45) is 0 Å². The Labute approximate surface area is 511 Å². The minimum absolute atomic E-state index is 0. The molecule has 0 bridgehead atoms. The van der Waals surface area contributed by atoms with Crippen LogP contribution in [0.1, 0.15) is 129 Å². The molecule has 0 aliphatic rings. The molecule has 8 aromatic rings. The lowest BCUT2D eigenvalue weighted by atomic mass is 9.97. The Morgan fingerprint density at radius 1 is 0.291 bits per heavy atom. The van der Waals surface area contributed by atoms with E-state index in [0.717, 1.165) is 44.5 Å². The summed E-state index contributed by atoms with van der Waals surface area (Å²) < 4.78 is 0. The lowest BCUT2D eigenvalue weighted by Crippen LogP contribution is -2.34. The summed E-state index contributed by atoms with van der Waals surface area (Å²) in [5, 5.41) is 89.6. The molecule has 0 spiro atoms. The summed E-state index contributed by atoms with van der Waals surface area (Å²) in [6.07, 6.45) is 0. The fourth-order valence-electron chi connectivity index (χ4n) is 7.37. The number of hydrogen-bond donors (Lipinski definition) is 9. The Morgan fingerprint density at radius 3 is 0.791 bits per heavy atom. The zero-order valence-electron chi connectivity index (χ0n) is 53.1. The zero-order chi connectivity index (χ0) is 64.6. The minimum Gasteiger partial charge on any atom is -0.436 e. The topological polar surface area (TPSA) is 242 Å². The minimum atomic E-state index is -1.11. The van der Waals surface area contributed by atoms with E-state index in [9.17, 15) is 20.4 Å². The van der Waals surface area contributed by atoms with Crippen molar-refractivity contribution in [2.45, 2.75) is 128 Å². The van der Waals surface area contributed by atoms with Crippen molar-refractivity contribution in [1.82, 2.24) is 0 Å². The van der Waals surface area contributed by atoms with E-state index in [1.807, 2.05) is 253 Å². The molecule has 11 N–H and O–H groups in total. The largest absolute Gasteiger partial charge is 1.00 e. The Hall–Kier alpha value is -6.80. The van der Waals surface area contributed by atoms with Crippen molar-refractivity contribution in [3.63, 3.8) is 0 Å². The van der Waals surface area contributed by atoms with Gasteiger partial charge in [0.05, 0.1) is 31.0 Å². The molecule has 0 radical (unpaired) electrons. The van der Waals surface area contributed by atoms with Crippen molar-refractivity contribution in [1.29, 1.82) is 0 Å². The highest BCUT2D eigenvalue weighted by Gasteiger charge is 2.33. The maximum absolute atomic E-state index is 9.70. The Bertz CT molecular complexity index is 2790. The van der Waals surface area contributed by atoms with Crippen molar-refractivity contribution in [3.05, 3.63) is 287 Å². The molecule has 8 aromatic carbocycles. The molecule has 0 aliphatic carbocycles. The van der Waals surface area contributed by atoms with Crippen LogP contribution < -0.4 is 0 Å². The molecule has 0 fully saturated rings. The van der Waals surface area contributed by atoms with E-state index in [4.69, 9.17) is 40.7 Å². The van der Waals surface area contributed by atoms with Crippen LogP contribution in [-0.4, -0.2) is 77.8 Å². The first-order chi connectivity index (χ1) is 40.4. The molecular weight excluding hydrogens is 1090 g/mol. The van der Waals surface area contributed by atoms with Gasteiger partial charge in [0.25, 0.3) is 0 Å². The summed E-state index contributed by atoms with van der Waals surface area (Å²) in [6.45, 7) is 20.5. The van der Waals surface area contributed by atoms with Crippen molar-refractivity contribution < 1.29 is 72.3 Å². The quantitative estimate of drug-likeness (QED) is 0.0234. The predicted molar refractivity (Wildman–Crippen MR) is 342 cm³/mol. The van der Waals surface area contributed by atoms with Gasteiger partial charge in [-0.15, -0.1) is 0 Å². The highest BCUT2D eigenvalue weighted by Crippen LogP contribution is 2.32. The van der Waals surface area contributed by atoms with Crippen LogP contribution in [0.5, 0.6) is 0 Å². The fraction of sp³-hybridized carbons (Fsp3) is 0.333. The average Bonchev–Trinajstić information content (AvgIpc) is 3.18. The molecule has 0 amide bonds. The SMILES string of the molecule is CC(C)(O)c1ccccc1.CC(C)(O)c1ccccc1.CC(C)(OO)c1ccccc1.CC(C)(OOC(C)(CO)c1ccccc1)c1ccccc1.CC(CO)(OO)c1ccccc1.CC(O)(CO)c1ccccc1.CC([OH2+])(CO)c1ccccc1.[H+]. The van der Waals surface area contributed by atoms with E-state index in [2.05, 4.69) is 9.78 Å². The third kappa shape index (κ3) is 26.4. The van der Waals surface area contributed by atoms with Gasteiger partial charge in [0.1, 0.15) is 34.6 Å². The summed E-state index contributed by atoms with van der Waals surface area (Å²) in [5.74, 6) is 0. The molecule has 86 heavy (non-hydrogen) atoms. The van der Waals surface area contributed by atoms with E-state index in [-0.39, 0.29) is 27.9 Å². The van der Waals surface area contributed by atoms with Gasteiger partial charge in [-0.05, 0) is 115 Å². The van der Waals surface area contributed by atoms with Crippen LogP contribution in [0.4, 0.5) is 0 Å². The smallest absolute Gasteiger partial charge is 0.436 e. The standard InChI is InChI=1S/C18H22O3.C9H12O3.3C9H12O2.2C9H12O/c1-17(2,15-10-6-4-7-11-15)20-21-18(3,14-19)16-12-8-5-9-13-16;1-9(7-10,12-11)8-5-3-2-4-6-8;1-9(2,11-10)8-6-4-3-5-7-8;2*1-9(11,7-10)8-5-3-2-4-6-8;2*1-9(2,10)8-6-4-3-5-7-8/h4-13,19H,14H2,1-3H3;2-6,10-11H,7H2,1H3;3-7,10H,1-2H3;2*2-6,10-11H,7H2,1H3;2*3-7,10H,1-2H3/p+2. The van der Waals surface area contributed by atoms with Gasteiger partial charge in [-0.2, -0.15) is 0 Å². The molecule has 4 unspecified atom stereocenters. The number of benzene rings is 8. The van der Waals surface area contributed by atoms with Crippen molar-refractivity contribution in [3.8, 4) is 0 Å². The van der Waals surface area contributed by atoms with E-state index >= 15 is 0 Å². The maximum atomic E-state index is 9.70. The average molecular weight is 1190 g/mol. The summed E-state index contributed by atoms with van der Waals surface area (Å²) >= 11 is 0. The van der Waals surface area contributed by atoms with E-state index in [0.29, 0.717) is 0 Å². The second-order valence-electron chi connectivity index (χ2n) is 23.1. The van der Waals surface area contributed by atoms with Gasteiger partial charge in [0.15, 0.2) is 0 Å². The molecule has 14 heteroatoms. The highest BCUT2D eigenvalue weighted by atomic mass is 17.2. The van der Waals surface area contributed by atoms with Crippen molar-refractivity contribution >= 4 is 0 Å². The fourth-order valence-corrected chi connectivity index (χ4v) is 7.37. The highest BCUT2D eigenvalue weighted by molar-refractivity contribution is 5.26. The lowest BCUT2D eigenvalue weighted by Gasteiger charge is -2.32. The molecule has 0 heterocycles. The number of hydrogen-bond acceptors (Lipinski definition) is 13. The molecule has 0 saturated heterocycles. The van der Waals surface area contributed by atoms with Gasteiger partial charge in [0.2, 0.25) is 5.60 Å². The van der Waals surface area contributed by atoms with E-state index < -0.39 is 44.8 Å². The first kappa shape index (κ1) is 75.3. The lowest BCUT2D eigenvalue weighted by molar-refractivity contribution is -0.417. The van der Waals surface area contributed by atoms with Crippen LogP contribution >= 0.6 is 0 Å². The molecule has 14 nitrogen and oxygen atoms in total. The van der Waals surface area contributed by atoms with Crippen LogP contribution in [0.25, 0.3) is 0 Å². The Kier molecular flexibility index (Phi) is 31.8. The van der Waals surface area contributed by atoms with Gasteiger partial charge in [0, 0.05) is 12.5 Å². The van der Waals surface area contributed by atoms with Crippen LogP contribution in [-0.2, 0) is 64.4 Å². The van der Waals surface area contributed by atoms with Crippen LogP contribution in [0.15, 0.2) is 243 Å². The summed E-state index contributed by atoms with van der Waals surface area (Å²) in [7, 11) is 0. The van der Waals surface area contributed by atoms with Gasteiger partial charge in [-0.1, -0.05) is 243 Å². The summed E-state index contributed by atoms with van der Waals surface area (Å²) in [4.78, 5) is 19.8. The van der Waals surface area contributed by atoms with Crippen molar-refractivity contribution in [2.75, 3.05) is 26.4 Å². The van der Waals surface area contributed by atoms with Gasteiger partial charge < -0.3 is 40.9 Å². The normalized spacial score (nSPS) is 14.0. The van der Waals surface area contributed by atoms with Gasteiger partial charge in [-0.25, -0.2) is 19.6 Å². The first-order valence-electron chi connectivity index (χ1n) is 28.2. The Balaban J connectivity index is 0.000000516. The Morgan fingerprint density at radius 2 is 0.547 bits per heavy atom. The second-order valence-corrected chi connectivity index (χ2v) is 23.1. The molecular formula is C72H96O14+2.